The van der Waals surface area contributed by atoms with Gasteiger partial charge in [-0.3, -0.25) is 9.48 Å². The summed E-state index contributed by atoms with van der Waals surface area (Å²) in [5, 5.41) is 5.24. The van der Waals surface area contributed by atoms with Crippen LogP contribution in [0.3, 0.4) is 0 Å². The highest BCUT2D eigenvalue weighted by Crippen LogP contribution is 2.25. The monoisotopic (exact) mass is 451 g/mol. The van der Waals surface area contributed by atoms with Gasteiger partial charge in [0.1, 0.15) is 17.7 Å². The van der Waals surface area contributed by atoms with Crippen LogP contribution in [0.1, 0.15) is 23.0 Å². The predicted molar refractivity (Wildman–Crippen MR) is 122 cm³/mol. The summed E-state index contributed by atoms with van der Waals surface area (Å²) in [4.78, 5) is 26.0. The number of halogens is 2. The van der Waals surface area contributed by atoms with Gasteiger partial charge < -0.3 is 15.5 Å². The molecule has 0 saturated carbocycles. The van der Waals surface area contributed by atoms with E-state index < -0.39 is 6.04 Å². The summed E-state index contributed by atoms with van der Waals surface area (Å²) in [6.07, 6.45) is 1.80. The van der Waals surface area contributed by atoms with Crippen LogP contribution in [0.5, 0.6) is 0 Å². The molecule has 1 unspecified atom stereocenters. The van der Waals surface area contributed by atoms with E-state index >= 15 is 0 Å². The van der Waals surface area contributed by atoms with Crippen LogP contribution in [0.15, 0.2) is 30.5 Å². The third-order valence-corrected chi connectivity index (χ3v) is 5.28. The molecule has 4 rings (SSSR count). The summed E-state index contributed by atoms with van der Waals surface area (Å²) in [5.41, 5.74) is 9.05. The Morgan fingerprint density at radius 2 is 1.67 bits per heavy atom. The minimum absolute atomic E-state index is 0. The van der Waals surface area contributed by atoms with Crippen molar-refractivity contribution in [1.29, 1.82) is 0 Å². The molecule has 1 aliphatic heterocycles. The molecule has 3 aromatic rings. The van der Waals surface area contributed by atoms with E-state index in [0.29, 0.717) is 32.0 Å². The van der Waals surface area contributed by atoms with E-state index in [2.05, 4.69) is 20.0 Å². The molecule has 1 fully saturated rings. The number of fused-ring (bicyclic) bond motifs is 1. The zero-order chi connectivity index (χ0) is 19.8. The lowest BCUT2D eigenvalue weighted by Gasteiger charge is -2.36. The van der Waals surface area contributed by atoms with Gasteiger partial charge in [0.25, 0.3) is 0 Å². The number of carbonyl (C=O) groups excluding carboxylic acids is 1. The van der Waals surface area contributed by atoms with E-state index in [9.17, 15) is 4.79 Å². The van der Waals surface area contributed by atoms with Crippen LogP contribution in [0, 0.1) is 13.8 Å². The van der Waals surface area contributed by atoms with Crippen molar-refractivity contribution in [3.63, 3.8) is 0 Å². The van der Waals surface area contributed by atoms with Crippen LogP contribution >= 0.6 is 24.8 Å². The summed E-state index contributed by atoms with van der Waals surface area (Å²) < 4.78 is 1.76. The Labute approximate surface area is 188 Å². The number of aryl methyl sites for hydroxylation is 3. The minimum Gasteiger partial charge on any atom is -0.352 e. The normalized spacial score (nSPS) is 14.8. The summed E-state index contributed by atoms with van der Waals surface area (Å²) in [6.45, 7) is 6.53. The molecule has 1 aromatic carbocycles. The highest BCUT2D eigenvalue weighted by atomic mass is 35.5. The highest BCUT2D eigenvalue weighted by molar-refractivity contribution is 5.87. The Hall–Kier alpha value is -2.42. The van der Waals surface area contributed by atoms with E-state index in [1.165, 1.54) is 0 Å². The van der Waals surface area contributed by atoms with Crippen molar-refractivity contribution in [1.82, 2.24) is 24.6 Å². The fourth-order valence-electron chi connectivity index (χ4n) is 3.61. The number of hydrogen-bond donors (Lipinski definition) is 1. The van der Waals surface area contributed by atoms with Crippen LogP contribution < -0.4 is 10.6 Å². The number of hydrogen-bond acceptors (Lipinski definition) is 6. The van der Waals surface area contributed by atoms with E-state index in [1.54, 1.807) is 10.9 Å². The molecule has 1 atom stereocenters. The van der Waals surface area contributed by atoms with Crippen LogP contribution in [-0.2, 0) is 11.8 Å². The smallest absolute Gasteiger partial charge is 0.244 e. The number of carbonyl (C=O) groups is 1. The molecule has 1 saturated heterocycles. The molecule has 2 aromatic heterocycles. The van der Waals surface area contributed by atoms with Crippen molar-refractivity contribution in [3.8, 4) is 0 Å². The molecule has 0 spiro atoms. The zero-order valence-electron chi connectivity index (χ0n) is 17.3. The van der Waals surface area contributed by atoms with Crippen molar-refractivity contribution in [2.75, 3.05) is 31.1 Å². The first-order valence-corrected chi connectivity index (χ1v) is 9.46. The van der Waals surface area contributed by atoms with Gasteiger partial charge in [0.2, 0.25) is 5.91 Å². The lowest BCUT2D eigenvalue weighted by Crippen LogP contribution is -2.51. The molecular weight excluding hydrogens is 425 g/mol. The topological polar surface area (TPSA) is 93.2 Å². The van der Waals surface area contributed by atoms with Crippen molar-refractivity contribution >= 4 is 47.6 Å². The summed E-state index contributed by atoms with van der Waals surface area (Å²) in [6, 6.07) is 7.19. The van der Waals surface area contributed by atoms with Gasteiger partial charge >= 0.3 is 0 Å². The van der Waals surface area contributed by atoms with E-state index in [1.807, 2.05) is 50.1 Å². The SMILES string of the molecule is Cc1ccc(C(N)C(=O)N2CCN(c3nc(C)nc4c3cnn4C)CC2)cc1.Cl.Cl. The fourth-order valence-corrected chi connectivity index (χ4v) is 3.61. The Balaban J connectivity index is 0.00000160. The summed E-state index contributed by atoms with van der Waals surface area (Å²) >= 11 is 0. The van der Waals surface area contributed by atoms with Crippen LogP contribution in [0.2, 0.25) is 0 Å². The van der Waals surface area contributed by atoms with Crippen molar-refractivity contribution in [2.45, 2.75) is 19.9 Å². The molecule has 30 heavy (non-hydrogen) atoms. The molecule has 3 heterocycles. The molecule has 1 aliphatic rings. The lowest BCUT2D eigenvalue weighted by molar-refractivity contribution is -0.133. The van der Waals surface area contributed by atoms with Gasteiger partial charge in [0.15, 0.2) is 5.65 Å². The van der Waals surface area contributed by atoms with Crippen molar-refractivity contribution in [3.05, 3.63) is 47.4 Å². The van der Waals surface area contributed by atoms with Crippen LogP contribution in [0.25, 0.3) is 11.0 Å². The average molecular weight is 452 g/mol. The average Bonchev–Trinajstić information content (AvgIpc) is 3.08. The Bertz CT molecular complexity index is 1010. The summed E-state index contributed by atoms with van der Waals surface area (Å²) in [5.74, 6) is 1.56. The number of nitrogens with zero attached hydrogens (tertiary/aromatic N) is 6. The lowest BCUT2D eigenvalue weighted by atomic mass is 10.0. The zero-order valence-corrected chi connectivity index (χ0v) is 18.9. The maximum absolute atomic E-state index is 12.8. The maximum atomic E-state index is 12.8. The number of piperazine rings is 1. The largest absolute Gasteiger partial charge is 0.352 e. The molecule has 10 heteroatoms. The molecule has 2 N–H and O–H groups in total. The number of aromatic nitrogens is 4. The second-order valence-corrected chi connectivity index (χ2v) is 7.30. The number of anilines is 1. The maximum Gasteiger partial charge on any atom is 0.244 e. The summed E-state index contributed by atoms with van der Waals surface area (Å²) in [7, 11) is 1.88. The van der Waals surface area contributed by atoms with Gasteiger partial charge in [0, 0.05) is 33.2 Å². The molecule has 1 amide bonds. The van der Waals surface area contributed by atoms with Gasteiger partial charge in [-0.1, -0.05) is 29.8 Å². The first-order valence-electron chi connectivity index (χ1n) is 9.46. The van der Waals surface area contributed by atoms with Gasteiger partial charge in [-0.15, -0.1) is 24.8 Å². The van der Waals surface area contributed by atoms with E-state index in [0.717, 1.165) is 28.0 Å². The minimum atomic E-state index is -0.626. The Kier molecular flexibility index (Phi) is 7.63. The molecule has 0 bridgehead atoms. The van der Waals surface area contributed by atoms with E-state index in [4.69, 9.17) is 5.73 Å². The molecule has 162 valence electrons. The first kappa shape index (κ1) is 23.9. The molecule has 0 radical (unpaired) electrons. The number of rotatable bonds is 3. The molecule has 8 nitrogen and oxygen atoms in total. The van der Waals surface area contributed by atoms with Gasteiger partial charge in [-0.2, -0.15) is 5.10 Å². The second-order valence-electron chi connectivity index (χ2n) is 7.30. The Morgan fingerprint density at radius 1 is 1.03 bits per heavy atom. The standard InChI is InChI=1S/C20H25N7O.2ClH/c1-13-4-6-15(7-5-13)17(21)20(28)27-10-8-26(9-11-27)19-16-12-22-25(3)18(16)23-14(2)24-19;;/h4-7,12,17H,8-11,21H2,1-3H3;2*1H. The number of nitrogens with two attached hydrogens (primary N) is 1. The highest BCUT2D eigenvalue weighted by Gasteiger charge is 2.27. The van der Waals surface area contributed by atoms with Gasteiger partial charge in [-0.05, 0) is 19.4 Å². The third kappa shape index (κ3) is 4.50. The predicted octanol–water partition coefficient (Wildman–Crippen LogP) is 2.17. The number of amides is 1. The van der Waals surface area contributed by atoms with Crippen LogP contribution in [0.4, 0.5) is 5.82 Å². The molecular formula is C20H27Cl2N7O. The second kappa shape index (κ2) is 9.59. The fraction of sp³-hybridized carbons (Fsp3) is 0.400. The van der Waals surface area contributed by atoms with Crippen molar-refractivity contribution < 1.29 is 4.79 Å². The number of benzene rings is 1. The van der Waals surface area contributed by atoms with Crippen molar-refractivity contribution in [2.24, 2.45) is 12.8 Å². The quantitative estimate of drug-likeness (QED) is 0.655. The Morgan fingerprint density at radius 3 is 2.30 bits per heavy atom. The van der Waals surface area contributed by atoms with Gasteiger partial charge in [0.05, 0.1) is 11.6 Å². The van der Waals surface area contributed by atoms with E-state index in [-0.39, 0.29) is 30.7 Å². The van der Waals surface area contributed by atoms with Crippen LogP contribution in [-0.4, -0.2) is 56.7 Å². The molecule has 0 aliphatic carbocycles. The van der Waals surface area contributed by atoms with Gasteiger partial charge in [-0.25, -0.2) is 9.97 Å². The first-order chi connectivity index (χ1) is 13.4. The third-order valence-electron chi connectivity index (χ3n) is 5.28.